The molecule has 0 aromatic carbocycles. The van der Waals surface area contributed by atoms with Gasteiger partial charge in [0, 0.05) is 43.8 Å². The molecule has 1 aliphatic carbocycles. The van der Waals surface area contributed by atoms with Crippen LogP contribution in [-0.2, 0) is 16.0 Å². The number of ether oxygens (including phenoxy) is 2. The van der Waals surface area contributed by atoms with Crippen LogP contribution in [0.25, 0.3) is 0 Å². The van der Waals surface area contributed by atoms with Gasteiger partial charge in [-0.3, -0.25) is 4.90 Å². The van der Waals surface area contributed by atoms with Crippen molar-refractivity contribution in [2.24, 2.45) is 11.3 Å². The summed E-state index contributed by atoms with van der Waals surface area (Å²) in [5.41, 5.74) is 2.44. The highest BCUT2D eigenvalue weighted by Gasteiger charge is 2.46. The maximum Gasteiger partial charge on any atom is 0.138 e. The normalized spacial score (nSPS) is 30.9. The van der Waals surface area contributed by atoms with Crippen molar-refractivity contribution < 1.29 is 14.0 Å². The first-order chi connectivity index (χ1) is 12.2. The van der Waals surface area contributed by atoms with Gasteiger partial charge in [-0.1, -0.05) is 11.6 Å². The average Bonchev–Trinajstić information content (AvgIpc) is 2.89. The zero-order valence-corrected chi connectivity index (χ0v) is 15.8. The summed E-state index contributed by atoms with van der Waals surface area (Å²) in [5, 5.41) is 4.11. The molecule has 3 aliphatic rings. The van der Waals surface area contributed by atoms with Gasteiger partial charge in [-0.05, 0) is 51.9 Å². The Labute approximate surface area is 151 Å². The van der Waals surface area contributed by atoms with Crippen LogP contribution in [0.5, 0.6) is 0 Å². The molecule has 0 N–H and O–H groups in total. The van der Waals surface area contributed by atoms with Gasteiger partial charge in [0.2, 0.25) is 0 Å². The SMILES string of the molecule is Cc1noc(C)c1CN1CCC2OCCCC2(COCC2CCC2)C1. The zero-order chi connectivity index (χ0) is 17.3. The average molecular weight is 348 g/mol. The van der Waals surface area contributed by atoms with Gasteiger partial charge in [0.1, 0.15) is 5.76 Å². The van der Waals surface area contributed by atoms with E-state index in [0.717, 1.165) is 69.7 Å². The molecular formula is C20H32N2O3. The lowest BCUT2D eigenvalue weighted by Crippen LogP contribution is -2.56. The van der Waals surface area contributed by atoms with E-state index in [-0.39, 0.29) is 5.41 Å². The number of fused-ring (bicyclic) bond motifs is 1. The predicted octanol–water partition coefficient (Wildman–Crippen LogP) is 3.48. The molecule has 25 heavy (non-hydrogen) atoms. The zero-order valence-electron chi connectivity index (χ0n) is 15.8. The van der Waals surface area contributed by atoms with Crippen LogP contribution in [0, 0.1) is 25.2 Å². The molecule has 2 atom stereocenters. The van der Waals surface area contributed by atoms with E-state index in [1.165, 1.54) is 31.2 Å². The minimum atomic E-state index is 0.166. The molecule has 0 radical (unpaired) electrons. The van der Waals surface area contributed by atoms with E-state index in [1.54, 1.807) is 0 Å². The van der Waals surface area contributed by atoms with E-state index in [0.29, 0.717) is 6.10 Å². The number of likely N-dealkylation sites (tertiary alicyclic amines) is 1. The van der Waals surface area contributed by atoms with Crippen molar-refractivity contribution in [2.75, 3.05) is 32.9 Å². The number of rotatable bonds is 6. The quantitative estimate of drug-likeness (QED) is 0.788. The highest BCUT2D eigenvalue weighted by Crippen LogP contribution is 2.41. The number of hydrogen-bond acceptors (Lipinski definition) is 5. The summed E-state index contributed by atoms with van der Waals surface area (Å²) in [4.78, 5) is 2.56. The monoisotopic (exact) mass is 348 g/mol. The lowest BCUT2D eigenvalue weighted by atomic mass is 9.73. The summed E-state index contributed by atoms with van der Waals surface area (Å²) in [6.45, 7) is 9.84. The van der Waals surface area contributed by atoms with Crippen molar-refractivity contribution in [1.29, 1.82) is 0 Å². The number of aryl methyl sites for hydroxylation is 2. The highest BCUT2D eigenvalue weighted by atomic mass is 16.5. The first-order valence-electron chi connectivity index (χ1n) is 10.00. The second-order valence-electron chi connectivity index (χ2n) is 8.44. The summed E-state index contributed by atoms with van der Waals surface area (Å²) in [6, 6.07) is 0. The second-order valence-corrected chi connectivity index (χ2v) is 8.44. The fraction of sp³-hybridized carbons (Fsp3) is 0.850. The third kappa shape index (κ3) is 3.64. The van der Waals surface area contributed by atoms with Crippen molar-refractivity contribution in [3.63, 3.8) is 0 Å². The van der Waals surface area contributed by atoms with Gasteiger partial charge in [0.05, 0.1) is 18.4 Å². The van der Waals surface area contributed by atoms with Crippen LogP contribution in [0.2, 0.25) is 0 Å². The van der Waals surface area contributed by atoms with E-state index in [9.17, 15) is 0 Å². The maximum atomic E-state index is 6.23. The van der Waals surface area contributed by atoms with Gasteiger partial charge in [-0.15, -0.1) is 0 Å². The molecule has 1 aromatic rings. The first-order valence-corrected chi connectivity index (χ1v) is 10.00. The van der Waals surface area contributed by atoms with Crippen molar-refractivity contribution in [1.82, 2.24) is 10.1 Å². The van der Waals surface area contributed by atoms with Crippen LogP contribution < -0.4 is 0 Å². The Morgan fingerprint density at radius 1 is 1.24 bits per heavy atom. The number of aromatic nitrogens is 1. The van der Waals surface area contributed by atoms with Gasteiger partial charge in [0.25, 0.3) is 0 Å². The van der Waals surface area contributed by atoms with Crippen molar-refractivity contribution in [3.8, 4) is 0 Å². The van der Waals surface area contributed by atoms with Gasteiger partial charge in [-0.25, -0.2) is 0 Å². The third-order valence-electron chi connectivity index (χ3n) is 6.60. The lowest BCUT2D eigenvalue weighted by molar-refractivity contribution is -0.157. The Kier molecular flexibility index (Phi) is 5.16. The maximum absolute atomic E-state index is 6.23. The molecule has 2 saturated heterocycles. The summed E-state index contributed by atoms with van der Waals surface area (Å²) in [5.74, 6) is 1.76. The molecule has 0 spiro atoms. The third-order valence-corrected chi connectivity index (χ3v) is 6.60. The van der Waals surface area contributed by atoms with E-state index in [2.05, 4.69) is 10.1 Å². The molecule has 2 aliphatic heterocycles. The molecule has 1 saturated carbocycles. The Hall–Kier alpha value is -0.910. The number of hydrogen-bond donors (Lipinski definition) is 0. The Balaban J connectivity index is 1.41. The van der Waals surface area contributed by atoms with E-state index >= 15 is 0 Å². The standard InChI is InChI=1S/C20H32N2O3/c1-15-18(16(2)25-21-15)11-22-9-7-19-20(13-22,8-4-10-24-19)14-23-12-17-5-3-6-17/h17,19H,3-14H2,1-2H3. The van der Waals surface area contributed by atoms with E-state index in [1.807, 2.05) is 13.8 Å². The molecule has 5 nitrogen and oxygen atoms in total. The largest absolute Gasteiger partial charge is 0.380 e. The molecule has 4 rings (SSSR count). The van der Waals surface area contributed by atoms with Crippen LogP contribution in [0.4, 0.5) is 0 Å². The molecule has 3 heterocycles. The minimum absolute atomic E-state index is 0.166. The second kappa shape index (κ2) is 7.37. The summed E-state index contributed by atoms with van der Waals surface area (Å²) in [7, 11) is 0. The van der Waals surface area contributed by atoms with Gasteiger partial charge in [-0.2, -0.15) is 0 Å². The summed E-state index contributed by atoms with van der Waals surface area (Å²) >= 11 is 0. The van der Waals surface area contributed by atoms with Gasteiger partial charge in [0.15, 0.2) is 0 Å². The Bertz CT molecular complexity index is 564. The minimum Gasteiger partial charge on any atom is -0.380 e. The molecule has 5 heteroatoms. The Morgan fingerprint density at radius 3 is 2.84 bits per heavy atom. The molecule has 0 amide bonds. The molecule has 140 valence electrons. The summed E-state index contributed by atoms with van der Waals surface area (Å²) < 4.78 is 17.8. The molecule has 1 aromatic heterocycles. The van der Waals surface area contributed by atoms with Crippen molar-refractivity contribution in [3.05, 3.63) is 17.0 Å². The van der Waals surface area contributed by atoms with E-state index < -0.39 is 0 Å². The van der Waals surface area contributed by atoms with Crippen LogP contribution in [0.15, 0.2) is 4.52 Å². The number of nitrogens with zero attached hydrogens (tertiary/aromatic N) is 2. The van der Waals surface area contributed by atoms with Crippen LogP contribution >= 0.6 is 0 Å². The Morgan fingerprint density at radius 2 is 2.12 bits per heavy atom. The number of piperidine rings is 1. The predicted molar refractivity (Wildman–Crippen MR) is 95.4 cm³/mol. The molecule has 0 bridgehead atoms. The van der Waals surface area contributed by atoms with Crippen molar-refractivity contribution >= 4 is 0 Å². The highest BCUT2D eigenvalue weighted by molar-refractivity contribution is 5.20. The van der Waals surface area contributed by atoms with Crippen molar-refractivity contribution in [2.45, 2.75) is 65.0 Å². The van der Waals surface area contributed by atoms with Gasteiger partial charge < -0.3 is 14.0 Å². The van der Waals surface area contributed by atoms with Gasteiger partial charge >= 0.3 is 0 Å². The van der Waals surface area contributed by atoms with E-state index in [4.69, 9.17) is 14.0 Å². The lowest BCUT2D eigenvalue weighted by Gasteiger charge is -2.50. The molecule has 2 unspecified atom stereocenters. The van der Waals surface area contributed by atoms with Crippen LogP contribution in [0.3, 0.4) is 0 Å². The molecule has 3 fully saturated rings. The fourth-order valence-electron chi connectivity index (χ4n) is 4.77. The van der Waals surface area contributed by atoms with Crippen LogP contribution in [-0.4, -0.2) is 49.1 Å². The fourth-order valence-corrected chi connectivity index (χ4v) is 4.77. The topological polar surface area (TPSA) is 47.7 Å². The summed E-state index contributed by atoms with van der Waals surface area (Å²) in [6.07, 6.45) is 7.94. The molecular weight excluding hydrogens is 316 g/mol. The first kappa shape index (κ1) is 17.5. The van der Waals surface area contributed by atoms with Crippen LogP contribution in [0.1, 0.15) is 55.5 Å². The smallest absolute Gasteiger partial charge is 0.138 e.